The monoisotopic (exact) mass is 2050 g/mol. The molecule has 0 amide bonds. The number of nitrogens with zero attached hydrogens (tertiary/aromatic N) is 19. The number of methoxy groups -OCH3 is 3. The van der Waals surface area contributed by atoms with E-state index in [4.69, 9.17) is 101 Å². The van der Waals surface area contributed by atoms with Gasteiger partial charge in [-0.2, -0.15) is 0 Å². The average Bonchev–Trinajstić information content (AvgIpc) is 1.73. The molecule has 17 aromatic rings. The average molecular weight is 2060 g/mol. The molecule has 12 aromatic heterocycles. The van der Waals surface area contributed by atoms with Crippen LogP contribution in [-0.4, -0.2) is 202 Å². The van der Waals surface area contributed by atoms with Gasteiger partial charge in [0.1, 0.15) is 12.2 Å². The first-order valence-corrected chi connectivity index (χ1v) is 49.4. The van der Waals surface area contributed by atoms with Gasteiger partial charge in [-0.3, -0.25) is 29.8 Å². The fraction of sp³-hybridized carbons (Fsp3) is 0.330. The summed E-state index contributed by atoms with van der Waals surface area (Å²) in [5.41, 5.74) is 10.8. The Morgan fingerprint density at radius 3 is 1.25 bits per heavy atom. The number of halogens is 5. The van der Waals surface area contributed by atoms with Crippen LogP contribution in [0.1, 0.15) is 166 Å². The van der Waals surface area contributed by atoms with E-state index in [9.17, 15) is 20.4 Å². The highest BCUT2D eigenvalue weighted by Crippen LogP contribution is 2.51. The van der Waals surface area contributed by atoms with E-state index < -0.39 is 22.4 Å². The number of ether oxygens (including phenoxy) is 8. The van der Waals surface area contributed by atoms with Gasteiger partial charge in [-0.1, -0.05) is 160 Å². The van der Waals surface area contributed by atoms with Crippen LogP contribution in [0.5, 0.6) is 34.9 Å². The molecule has 5 aromatic carbocycles. The minimum atomic E-state index is -1.60. The number of aliphatic hydroxyl groups is 4. The number of pyridine rings is 9. The molecule has 4 atom stereocenters. The molecule has 3 aliphatic rings. The molecular weight excluding hydrogens is 1940 g/mol. The lowest BCUT2D eigenvalue weighted by Gasteiger charge is -2.37. The third kappa shape index (κ3) is 20.7. The van der Waals surface area contributed by atoms with E-state index in [1.54, 1.807) is 103 Å². The van der Waals surface area contributed by atoms with Gasteiger partial charge in [0, 0.05) is 165 Å². The van der Waals surface area contributed by atoms with Gasteiger partial charge in [-0.25, -0.2) is 34.0 Å². The highest BCUT2D eigenvalue weighted by atomic mass is 35.5. The zero-order valence-electron chi connectivity index (χ0n) is 83.0. The molecular formula is C109H112Cl5N19O12. The van der Waals surface area contributed by atoms with Crippen LogP contribution in [0, 0.1) is 47.0 Å². The molecule has 0 bridgehead atoms. The van der Waals surface area contributed by atoms with Crippen molar-refractivity contribution < 1.29 is 58.3 Å². The van der Waals surface area contributed by atoms with Gasteiger partial charge in [-0.15, -0.1) is 15.3 Å². The lowest BCUT2D eigenvalue weighted by molar-refractivity contribution is -0.120. The summed E-state index contributed by atoms with van der Waals surface area (Å²) in [4.78, 5) is 43.6. The summed E-state index contributed by atoms with van der Waals surface area (Å²) in [5.74, 6) is 2.33. The van der Waals surface area contributed by atoms with E-state index >= 15 is 0 Å². The van der Waals surface area contributed by atoms with E-state index in [2.05, 4.69) is 82.6 Å². The molecule has 36 heteroatoms. The van der Waals surface area contributed by atoms with Gasteiger partial charge in [0.05, 0.1) is 144 Å². The fourth-order valence-corrected chi connectivity index (χ4v) is 20.7. The Bertz CT molecular complexity index is 7600. The van der Waals surface area contributed by atoms with E-state index in [-0.39, 0.29) is 11.5 Å². The quantitative estimate of drug-likeness (QED) is 0.0391. The molecule has 14 heterocycles. The Kier molecular flexibility index (Phi) is 31.1. The molecule has 20 rings (SSSR count). The summed E-state index contributed by atoms with van der Waals surface area (Å²) in [6.07, 6.45) is 17.3. The van der Waals surface area contributed by atoms with Crippen LogP contribution in [0.25, 0.3) is 54.9 Å². The second kappa shape index (κ2) is 43.7. The molecule has 750 valence electrons. The van der Waals surface area contributed by atoms with Crippen molar-refractivity contribution in [2.24, 2.45) is 26.6 Å². The molecule has 4 N–H and O–H groups in total. The Morgan fingerprint density at radius 2 is 0.848 bits per heavy atom. The van der Waals surface area contributed by atoms with Gasteiger partial charge in [0.15, 0.2) is 16.8 Å². The lowest BCUT2D eigenvalue weighted by atomic mass is 9.79. The molecule has 0 spiro atoms. The molecule has 0 radical (unpaired) electrons. The zero-order chi connectivity index (χ0) is 103. The van der Waals surface area contributed by atoms with Crippen LogP contribution < -0.4 is 28.4 Å². The molecule has 1 saturated carbocycles. The zero-order valence-corrected chi connectivity index (χ0v) is 86.8. The number of morpholine rings is 1. The number of rotatable bonds is 26. The minimum Gasteiger partial charge on any atom is -0.486 e. The maximum absolute atomic E-state index is 12.4. The Hall–Kier alpha value is -13.1. The predicted octanol–water partition coefficient (Wildman–Crippen LogP) is 19.2. The minimum absolute atomic E-state index is 0.0894. The topological polar surface area (TPSA) is 366 Å². The molecule has 1 aliphatic carbocycles. The van der Waals surface area contributed by atoms with Crippen molar-refractivity contribution in [2.45, 2.75) is 129 Å². The van der Waals surface area contributed by atoms with Gasteiger partial charge in [0.2, 0.25) is 17.2 Å². The molecule has 2 saturated heterocycles. The van der Waals surface area contributed by atoms with E-state index in [1.165, 1.54) is 40.6 Å². The second-order valence-corrected chi connectivity index (χ2v) is 39.1. The summed E-state index contributed by atoms with van der Waals surface area (Å²) >= 11 is 34.2. The van der Waals surface area contributed by atoms with Crippen molar-refractivity contribution in [2.75, 3.05) is 80.6 Å². The second-order valence-electron chi connectivity index (χ2n) is 37.1. The Morgan fingerprint density at radius 1 is 0.434 bits per heavy atom. The molecule has 3 fully saturated rings. The van der Waals surface area contributed by atoms with Crippen molar-refractivity contribution in [3.05, 3.63) is 333 Å². The number of fused-ring (bicyclic) bond motifs is 4. The predicted molar refractivity (Wildman–Crippen MR) is 557 cm³/mol. The maximum atomic E-state index is 12.4. The maximum Gasteiger partial charge on any atom is 0.258 e. The number of hydrogen-bond acceptors (Lipinski definition) is 28. The highest BCUT2D eigenvalue weighted by molar-refractivity contribution is 6.38. The van der Waals surface area contributed by atoms with Crippen molar-refractivity contribution in [1.29, 1.82) is 0 Å². The number of benzene rings is 5. The number of aromatic nitrogens is 18. The highest BCUT2D eigenvalue weighted by Gasteiger charge is 2.45. The standard InChI is InChI=1S/C32H27Cl2N3O.C27H31ClN6O4.C26H28ClN5O4.C24H26ClN5O3/c33-26-12-4-10-23(17-26)32(38,25-11-6-16-36-20-25)24-13-14-28-27(18-24)30(34)29(21-7-2-1-3-8-21)31(37-28)22-9-5-15-35-19-22;1-17-5-7-21(18(2)30-17)27(35,23-16-29-32-33(23)3)19-6-8-22-20(15-19)24(28)25(26(31-22)36-4)38-14-11-34-9-12-37-13-10-34;1-15-6-8-19(16(2)29-15)26(33,21-11-28-31-32(21)4)17-7-9-20-18(10-17)22(27)23(24(30-20)34-5)36-14-25(3)12-35-13-25;1-13(2)33-22-21(25)17-11-16(8-10-19(17)28-23(22)32-6)24(31,20-12-26-29-30(20)5)18-9-7-14(3)27-15(18)4/h4-6,9-21,38H,1-3,7-8H2;5-8,15-16,35H,9-14H2,1-4H3;6-11,33H,12-14H2,1-5H3;7-13,31H,1-6H3. The Labute approximate surface area is 864 Å². The third-order valence-electron chi connectivity index (χ3n) is 26.7. The van der Waals surface area contributed by atoms with E-state index in [0.717, 1.165) is 90.5 Å². The van der Waals surface area contributed by atoms with Gasteiger partial charge in [-0.05, 0) is 199 Å². The SMILES string of the molecule is COc1nc2ccc(C(O)(c3ccc(C)nc3C)c3cnnn3C)cc2c(Cl)c1OC(C)C.COc1nc2ccc(C(O)(c3ccc(C)nc3C)c3cnnn3C)cc2c(Cl)c1OCC1(C)COC1.COc1nc2ccc(C(O)(c3ccc(C)nc3C)c3cnnn3C)cc2c(Cl)c1OCCN1CCOCC1.OC(c1cccnc1)(c1cccc(Cl)c1)c1ccc2nc(-c3cccnc3)c(C3CCCCC3)c(Cl)c2c1. The van der Waals surface area contributed by atoms with Crippen molar-refractivity contribution in [1.82, 2.24) is 94.7 Å². The van der Waals surface area contributed by atoms with Gasteiger partial charge >= 0.3 is 0 Å². The van der Waals surface area contributed by atoms with Crippen LogP contribution in [0.4, 0.5) is 0 Å². The van der Waals surface area contributed by atoms with E-state index in [0.29, 0.717) is 209 Å². The number of aryl methyl sites for hydroxylation is 9. The van der Waals surface area contributed by atoms with Crippen LogP contribution in [0.2, 0.25) is 25.1 Å². The lowest BCUT2D eigenvalue weighted by Crippen LogP contribution is -2.44. The largest absolute Gasteiger partial charge is 0.486 e. The summed E-state index contributed by atoms with van der Waals surface area (Å²) in [6.45, 7) is 23.2. The molecule has 31 nitrogen and oxygen atoms in total. The molecule has 145 heavy (non-hydrogen) atoms. The van der Waals surface area contributed by atoms with Gasteiger partial charge in [0.25, 0.3) is 17.6 Å². The van der Waals surface area contributed by atoms with Crippen molar-refractivity contribution in [3.63, 3.8) is 0 Å². The van der Waals surface area contributed by atoms with Crippen molar-refractivity contribution in [3.8, 4) is 46.1 Å². The normalized spacial score (nSPS) is 15.5. The first-order valence-electron chi connectivity index (χ1n) is 47.5. The third-order valence-corrected chi connectivity index (χ3v) is 28.5. The van der Waals surface area contributed by atoms with Crippen LogP contribution >= 0.6 is 58.0 Å². The smallest absolute Gasteiger partial charge is 0.258 e. The summed E-state index contributed by atoms with van der Waals surface area (Å²) in [6, 6.07) is 48.3. The fourth-order valence-electron chi connectivity index (χ4n) is 19.2. The van der Waals surface area contributed by atoms with Gasteiger partial charge < -0.3 is 58.3 Å². The first kappa shape index (κ1) is 103. The van der Waals surface area contributed by atoms with Crippen molar-refractivity contribution >= 4 is 102 Å². The summed E-state index contributed by atoms with van der Waals surface area (Å²) in [7, 11) is 9.80. The van der Waals surface area contributed by atoms with Crippen LogP contribution in [0.3, 0.4) is 0 Å². The van der Waals surface area contributed by atoms with Crippen LogP contribution in [0.15, 0.2) is 201 Å². The first-order chi connectivity index (χ1) is 69.7. The Balaban J connectivity index is 0.000000133. The summed E-state index contributed by atoms with van der Waals surface area (Å²) in [5, 5.41) is 78.6. The van der Waals surface area contributed by atoms with Crippen LogP contribution in [-0.2, 0) is 53.0 Å². The molecule has 4 unspecified atom stereocenters. The number of hydrogen-bond donors (Lipinski definition) is 4. The molecule has 2 aliphatic heterocycles. The summed E-state index contributed by atoms with van der Waals surface area (Å²) < 4.78 is 49.9. The van der Waals surface area contributed by atoms with E-state index in [1.807, 2.05) is 189 Å².